The second-order valence-corrected chi connectivity index (χ2v) is 4.15. The van der Waals surface area contributed by atoms with Crippen molar-refractivity contribution in [2.45, 2.75) is 39.9 Å². The molecule has 0 heterocycles. The van der Waals surface area contributed by atoms with Gasteiger partial charge in [0.15, 0.2) is 0 Å². The van der Waals surface area contributed by atoms with Crippen LogP contribution in [-0.4, -0.2) is 52.4 Å². The number of rotatable bonds is 7. The van der Waals surface area contributed by atoms with E-state index in [1.807, 2.05) is 0 Å². The summed E-state index contributed by atoms with van der Waals surface area (Å²) in [5, 5.41) is 0. The van der Waals surface area contributed by atoms with E-state index in [0.717, 1.165) is 0 Å². The van der Waals surface area contributed by atoms with Gasteiger partial charge in [-0.3, -0.25) is 9.80 Å². The summed E-state index contributed by atoms with van der Waals surface area (Å²) in [5.74, 6) is 0. The molecular weight excluding hydrogens is 176 g/mol. The first kappa shape index (κ1) is 13.1. The van der Waals surface area contributed by atoms with Crippen molar-refractivity contribution in [3.8, 4) is 0 Å². The minimum atomic E-state index is 0.705. The van der Waals surface area contributed by atoms with Crippen molar-refractivity contribution in [2.24, 2.45) is 0 Å². The summed E-state index contributed by atoms with van der Waals surface area (Å²) in [6.07, 6.45) is 0.705. The van der Waals surface area contributed by atoms with Gasteiger partial charge in [-0.15, -0.1) is 0 Å². The van der Waals surface area contributed by atoms with Crippen LogP contribution in [0.3, 0.4) is 0 Å². The normalized spacial score (nSPS) is 12.2. The van der Waals surface area contributed by atoms with Crippen LogP contribution in [0.25, 0.3) is 0 Å². The first-order valence-corrected chi connectivity index (χ1v) is 7.14. The van der Waals surface area contributed by atoms with Crippen LogP contribution in [-0.2, 0) is 0 Å². The summed E-state index contributed by atoms with van der Waals surface area (Å²) in [7, 11) is 1.30. The van der Waals surface area contributed by atoms with Crippen molar-refractivity contribution < 1.29 is 0 Å². The predicted octanol–water partition coefficient (Wildman–Crippen LogP) is 0.780. The van der Waals surface area contributed by atoms with Crippen molar-refractivity contribution in [3.05, 3.63) is 0 Å². The molecule has 0 aliphatic heterocycles. The summed E-state index contributed by atoms with van der Waals surface area (Å²) in [4.78, 5) is 5.14. The zero-order valence-corrected chi connectivity index (χ0v) is 12.0. The van der Waals surface area contributed by atoms with Crippen molar-refractivity contribution in [2.75, 3.05) is 26.2 Å². The minimum Gasteiger partial charge on any atom is -0.289 e. The van der Waals surface area contributed by atoms with E-state index in [1.54, 1.807) is 0 Å². The van der Waals surface area contributed by atoms with Gasteiger partial charge in [0.25, 0.3) is 0 Å². The molecule has 0 bridgehead atoms. The van der Waals surface area contributed by atoms with Gasteiger partial charge in [0.05, 0.1) is 6.17 Å². The molecule has 0 atom stereocenters. The van der Waals surface area contributed by atoms with Crippen molar-refractivity contribution >= 4 is 10.2 Å². The lowest BCUT2D eigenvalue weighted by Gasteiger charge is -2.37. The lowest BCUT2D eigenvalue weighted by Crippen LogP contribution is -2.47. The summed E-state index contributed by atoms with van der Waals surface area (Å²) < 4.78 is 0. The van der Waals surface area contributed by atoms with E-state index < -0.39 is 0 Å². The second kappa shape index (κ2) is 7.53. The van der Waals surface area contributed by atoms with Gasteiger partial charge in [-0.25, -0.2) is 0 Å². The highest BCUT2D eigenvalue weighted by atomic mass is 28.1. The Kier molecular flexibility index (Phi) is 7.61. The maximum atomic E-state index is 2.57. The average molecular weight is 202 g/mol. The molecular formula is C10H26N2Si. The molecule has 0 radical (unpaired) electrons. The fraction of sp³-hybridized carbons (Fsp3) is 1.00. The molecule has 0 N–H and O–H groups in total. The maximum absolute atomic E-state index is 2.57. The minimum absolute atomic E-state index is 0.705. The molecule has 0 saturated carbocycles. The monoisotopic (exact) mass is 202 g/mol. The van der Waals surface area contributed by atoms with Crippen molar-refractivity contribution in [3.63, 3.8) is 0 Å². The molecule has 0 aromatic carbocycles. The van der Waals surface area contributed by atoms with E-state index in [-0.39, 0.29) is 0 Å². The number of hydrogen-bond acceptors (Lipinski definition) is 2. The van der Waals surface area contributed by atoms with Crippen LogP contribution >= 0.6 is 0 Å². The summed E-state index contributed by atoms with van der Waals surface area (Å²) in [6, 6.07) is 1.36. The Morgan fingerprint density at radius 1 is 0.846 bits per heavy atom. The molecule has 0 amide bonds. The maximum Gasteiger partial charge on any atom is 0.0589 e. The van der Waals surface area contributed by atoms with Crippen LogP contribution in [0.2, 0.25) is 6.04 Å². The molecule has 0 unspecified atom stereocenters. The molecule has 2 nitrogen and oxygen atoms in total. The Bertz CT molecular complexity index is 99.5. The summed E-state index contributed by atoms with van der Waals surface area (Å²) in [5.41, 5.74) is 0. The van der Waals surface area contributed by atoms with Gasteiger partial charge in [0.1, 0.15) is 0 Å². The number of nitrogens with zero attached hydrogens (tertiary/aromatic N) is 2. The van der Waals surface area contributed by atoms with Crippen LogP contribution in [0.5, 0.6) is 0 Å². The first-order valence-electron chi connectivity index (χ1n) is 5.73. The molecule has 0 fully saturated rings. The third kappa shape index (κ3) is 3.79. The zero-order valence-electron chi connectivity index (χ0n) is 10.0. The predicted molar refractivity (Wildman–Crippen MR) is 64.4 cm³/mol. The van der Waals surface area contributed by atoms with E-state index in [4.69, 9.17) is 0 Å². The molecule has 0 aliphatic rings. The first-order chi connectivity index (χ1) is 6.24. The van der Waals surface area contributed by atoms with Crippen molar-refractivity contribution in [1.29, 1.82) is 0 Å². The molecule has 80 valence electrons. The van der Waals surface area contributed by atoms with E-state index >= 15 is 0 Å². The van der Waals surface area contributed by atoms with Crippen LogP contribution < -0.4 is 0 Å². The Labute approximate surface area is 86.7 Å². The van der Waals surface area contributed by atoms with E-state index in [2.05, 4.69) is 37.5 Å². The summed E-state index contributed by atoms with van der Waals surface area (Å²) in [6.45, 7) is 13.8. The third-order valence-corrected chi connectivity index (χ3v) is 3.56. The van der Waals surface area contributed by atoms with E-state index in [0.29, 0.717) is 6.17 Å². The van der Waals surface area contributed by atoms with Gasteiger partial charge in [-0.05, 0) is 32.2 Å². The molecule has 13 heavy (non-hydrogen) atoms. The van der Waals surface area contributed by atoms with Gasteiger partial charge in [-0.2, -0.15) is 0 Å². The Hall–Kier alpha value is 0.137. The molecule has 3 heteroatoms. The average Bonchev–Trinajstić information content (AvgIpc) is 2.18. The zero-order chi connectivity index (χ0) is 10.3. The standard InChI is InChI=1S/C10H26N2Si/c1-5-11(6-2)10(9-13)12(7-3)8-4/h10H,5-9H2,1-4,13H3. The van der Waals surface area contributed by atoms with Crippen LogP contribution in [0, 0.1) is 0 Å². The number of hydrogen-bond donors (Lipinski definition) is 0. The molecule has 0 aromatic heterocycles. The fourth-order valence-electron chi connectivity index (χ4n) is 2.04. The molecule has 0 spiro atoms. The van der Waals surface area contributed by atoms with Gasteiger partial charge in [0, 0.05) is 10.2 Å². The van der Waals surface area contributed by atoms with Crippen LogP contribution in [0.4, 0.5) is 0 Å². The highest BCUT2D eigenvalue weighted by Gasteiger charge is 2.18. The van der Waals surface area contributed by atoms with Gasteiger partial charge in [0.2, 0.25) is 0 Å². The summed E-state index contributed by atoms with van der Waals surface area (Å²) >= 11 is 0. The molecule has 0 rings (SSSR count). The highest BCUT2D eigenvalue weighted by molar-refractivity contribution is 6.08. The van der Waals surface area contributed by atoms with Gasteiger partial charge < -0.3 is 0 Å². The quantitative estimate of drug-likeness (QED) is 0.445. The lowest BCUT2D eigenvalue weighted by atomic mass is 10.3. The van der Waals surface area contributed by atoms with E-state index in [9.17, 15) is 0 Å². The lowest BCUT2D eigenvalue weighted by molar-refractivity contribution is 0.0716. The smallest absolute Gasteiger partial charge is 0.0589 e. The van der Waals surface area contributed by atoms with Gasteiger partial charge >= 0.3 is 0 Å². The van der Waals surface area contributed by atoms with Crippen molar-refractivity contribution in [1.82, 2.24) is 9.80 Å². The second-order valence-electron chi connectivity index (χ2n) is 3.33. The Morgan fingerprint density at radius 2 is 1.15 bits per heavy atom. The molecule has 0 saturated heterocycles. The van der Waals surface area contributed by atoms with E-state index in [1.165, 1.54) is 42.5 Å². The SMILES string of the molecule is CCN(CC)C(C[SiH3])N(CC)CC. The fourth-order valence-corrected chi connectivity index (χ4v) is 3.07. The topological polar surface area (TPSA) is 6.48 Å². The molecule has 0 aliphatic carbocycles. The Balaban J connectivity index is 4.26. The highest BCUT2D eigenvalue weighted by Crippen LogP contribution is 2.08. The van der Waals surface area contributed by atoms with Crippen LogP contribution in [0.15, 0.2) is 0 Å². The van der Waals surface area contributed by atoms with Crippen LogP contribution in [0.1, 0.15) is 27.7 Å². The third-order valence-electron chi connectivity index (χ3n) is 2.83. The molecule has 0 aromatic rings. The largest absolute Gasteiger partial charge is 0.289 e. The van der Waals surface area contributed by atoms with Gasteiger partial charge in [-0.1, -0.05) is 27.7 Å². The Morgan fingerprint density at radius 3 is 1.31 bits per heavy atom.